The first-order valence-electron chi connectivity index (χ1n) is 13.8. The van der Waals surface area contributed by atoms with E-state index in [1.165, 1.54) is 19.0 Å². The van der Waals surface area contributed by atoms with Gasteiger partial charge in [0.2, 0.25) is 0 Å². The molecule has 1 amide bonds. The van der Waals surface area contributed by atoms with Gasteiger partial charge in [0.05, 0.1) is 34.3 Å². The average Bonchev–Trinajstić information content (AvgIpc) is 2.92. The number of anilines is 1. The minimum Gasteiger partial charge on any atom is -0.509 e. The molecule has 11 N–H and O–H groups in total. The number of nitrogens with two attached hydrogens (primary N) is 4. The van der Waals surface area contributed by atoms with Gasteiger partial charge in [-0.3, -0.25) is 19.3 Å². The molecule has 2 aromatic carbocycles. The first-order valence-corrected chi connectivity index (χ1v) is 13.8. The summed E-state index contributed by atoms with van der Waals surface area (Å²) in [4.78, 5) is 43.8. The van der Waals surface area contributed by atoms with E-state index in [0.29, 0.717) is 16.7 Å². The number of amides is 1. The molecule has 2 aromatic rings. The van der Waals surface area contributed by atoms with Crippen LogP contribution in [0.4, 0.5) is 5.69 Å². The highest BCUT2D eigenvalue weighted by Crippen LogP contribution is 2.59. The lowest BCUT2D eigenvalue weighted by atomic mass is 9.47. The van der Waals surface area contributed by atoms with Gasteiger partial charge in [0, 0.05) is 31.9 Å². The first-order chi connectivity index (χ1) is 20.5. The standard InChI is InChI=1S/C31H35N7O6/c1-37(2)16-7-5-14(6-8-16)17-9-15(11-32)22(39)19-18(17)10-29(35)12-31(36)25(38(3)4)24(41)20(28(34)44)26(42)30(31,13-33)27(43)21(29)23(19)40/h5-9,25,39-40,42H,10-12,32,35-36H2,1-4H3,(H2,34,44)/t25-,29-,30+,31-/m1/s1. The van der Waals surface area contributed by atoms with Gasteiger partial charge < -0.3 is 43.2 Å². The van der Waals surface area contributed by atoms with Crippen molar-refractivity contribution in [1.82, 2.24) is 4.90 Å². The molecule has 0 saturated heterocycles. The minimum absolute atomic E-state index is 0.101. The molecule has 0 heterocycles. The number of carbonyl (C=O) groups excluding carboxylic acids is 3. The summed E-state index contributed by atoms with van der Waals surface area (Å²) in [6, 6.07) is 9.47. The van der Waals surface area contributed by atoms with Crippen molar-refractivity contribution in [3.8, 4) is 22.9 Å². The SMILES string of the molecule is CN(C)c1ccc(-c2cc(CN)c(O)c3c2C[C@@]2(N)C[C@@]4(N)[C@H](N(C)C)C(=O)C(C(N)=O)=C(O)[C@@]4(C#N)C(=O)C2=C3O)cc1. The zero-order chi connectivity index (χ0) is 32.7. The molecule has 0 aliphatic heterocycles. The maximum Gasteiger partial charge on any atom is 0.255 e. The van der Waals surface area contributed by atoms with E-state index in [-0.39, 0.29) is 29.8 Å². The molecule has 0 unspecified atom stereocenters. The Morgan fingerprint density at radius 2 is 1.70 bits per heavy atom. The van der Waals surface area contributed by atoms with Crippen LogP contribution in [0.1, 0.15) is 23.1 Å². The number of ketones is 2. The maximum absolute atomic E-state index is 14.6. The summed E-state index contributed by atoms with van der Waals surface area (Å²) in [5, 5.41) is 45.0. The van der Waals surface area contributed by atoms with Crippen LogP contribution in [-0.4, -0.2) is 83.0 Å². The van der Waals surface area contributed by atoms with Crippen molar-refractivity contribution >= 4 is 28.9 Å². The van der Waals surface area contributed by atoms with E-state index in [4.69, 9.17) is 22.9 Å². The number of likely N-dealkylation sites (N-methyl/N-ethyl adjacent to an activating group) is 1. The number of fused-ring (bicyclic) bond motifs is 3. The van der Waals surface area contributed by atoms with Gasteiger partial charge in [-0.25, -0.2) is 0 Å². The summed E-state index contributed by atoms with van der Waals surface area (Å²) in [5.41, 5.74) is 20.0. The Kier molecular flexibility index (Phi) is 6.91. The number of hydrogen-bond acceptors (Lipinski definition) is 12. The van der Waals surface area contributed by atoms with E-state index in [9.17, 15) is 35.0 Å². The molecule has 1 saturated carbocycles. The molecule has 0 bridgehead atoms. The number of nitriles is 1. The van der Waals surface area contributed by atoms with Crippen molar-refractivity contribution in [2.75, 3.05) is 33.1 Å². The number of aliphatic hydroxyl groups is 2. The fraction of sp³-hybridized carbons (Fsp3) is 0.355. The lowest BCUT2D eigenvalue weighted by Crippen LogP contribution is -2.80. The second-order valence-electron chi connectivity index (χ2n) is 12.2. The lowest BCUT2D eigenvalue weighted by Gasteiger charge is -2.58. The third kappa shape index (κ3) is 3.75. The van der Waals surface area contributed by atoms with Gasteiger partial charge in [-0.1, -0.05) is 12.1 Å². The third-order valence-corrected chi connectivity index (χ3v) is 9.24. The van der Waals surface area contributed by atoms with Crippen LogP contribution in [-0.2, 0) is 27.3 Å². The number of phenolic OH excluding ortho intramolecular Hbond substituents is 1. The molecule has 0 aromatic heterocycles. The fourth-order valence-corrected chi connectivity index (χ4v) is 7.31. The zero-order valence-corrected chi connectivity index (χ0v) is 24.8. The van der Waals surface area contributed by atoms with Gasteiger partial charge in [-0.05, 0) is 61.8 Å². The Morgan fingerprint density at radius 3 is 2.20 bits per heavy atom. The largest absolute Gasteiger partial charge is 0.509 e. The molecule has 44 heavy (non-hydrogen) atoms. The number of rotatable bonds is 5. The summed E-state index contributed by atoms with van der Waals surface area (Å²) in [6.45, 7) is -0.113. The van der Waals surface area contributed by atoms with Crippen LogP contribution < -0.4 is 27.8 Å². The number of aliphatic hydroxyl groups excluding tert-OH is 2. The molecule has 230 valence electrons. The van der Waals surface area contributed by atoms with Gasteiger partial charge >= 0.3 is 0 Å². The molecule has 3 aliphatic rings. The van der Waals surface area contributed by atoms with Crippen LogP contribution in [0.25, 0.3) is 16.9 Å². The summed E-state index contributed by atoms with van der Waals surface area (Å²) >= 11 is 0. The number of nitrogens with zero attached hydrogens (tertiary/aromatic N) is 3. The van der Waals surface area contributed by atoms with Crippen molar-refractivity contribution in [3.05, 3.63) is 63.9 Å². The number of carbonyl (C=O) groups is 3. The topological polar surface area (TPSA) is 246 Å². The summed E-state index contributed by atoms with van der Waals surface area (Å²) in [6.07, 6.45) is -0.611. The predicted molar refractivity (Wildman–Crippen MR) is 162 cm³/mol. The average molecular weight is 602 g/mol. The van der Waals surface area contributed by atoms with E-state index in [1.807, 2.05) is 43.3 Å². The second-order valence-corrected chi connectivity index (χ2v) is 12.2. The normalized spacial score (nSPS) is 27.9. The van der Waals surface area contributed by atoms with Crippen molar-refractivity contribution in [3.63, 3.8) is 0 Å². The molecule has 13 nitrogen and oxygen atoms in total. The molecule has 3 aliphatic carbocycles. The van der Waals surface area contributed by atoms with E-state index in [2.05, 4.69) is 0 Å². The highest BCUT2D eigenvalue weighted by atomic mass is 16.3. The molecule has 4 atom stereocenters. The highest BCUT2D eigenvalue weighted by Gasteiger charge is 2.74. The third-order valence-electron chi connectivity index (χ3n) is 9.24. The monoisotopic (exact) mass is 601 g/mol. The molecule has 5 rings (SSSR count). The number of aromatic hydroxyl groups is 1. The van der Waals surface area contributed by atoms with Crippen LogP contribution in [0, 0.1) is 16.7 Å². The minimum atomic E-state index is -2.73. The lowest BCUT2D eigenvalue weighted by molar-refractivity contribution is -0.139. The first kappa shape index (κ1) is 30.7. The van der Waals surface area contributed by atoms with Gasteiger partial charge in [0.15, 0.2) is 17.0 Å². The van der Waals surface area contributed by atoms with Crippen molar-refractivity contribution in [2.24, 2.45) is 28.3 Å². The Balaban J connectivity index is 1.86. The summed E-state index contributed by atoms with van der Waals surface area (Å²) < 4.78 is 0. The van der Waals surface area contributed by atoms with Crippen LogP contribution in [0.5, 0.6) is 5.75 Å². The van der Waals surface area contributed by atoms with Crippen molar-refractivity contribution < 1.29 is 29.7 Å². The van der Waals surface area contributed by atoms with E-state index >= 15 is 0 Å². The molecular formula is C31H35N7O6. The van der Waals surface area contributed by atoms with E-state index in [1.54, 1.807) is 12.1 Å². The molecule has 0 spiro atoms. The molecule has 0 radical (unpaired) electrons. The van der Waals surface area contributed by atoms with Gasteiger partial charge in [0.25, 0.3) is 5.91 Å². The Morgan fingerprint density at radius 1 is 1.09 bits per heavy atom. The summed E-state index contributed by atoms with van der Waals surface area (Å²) in [5.74, 6) is -5.82. The summed E-state index contributed by atoms with van der Waals surface area (Å²) in [7, 11) is 6.73. The fourth-order valence-electron chi connectivity index (χ4n) is 7.31. The number of Topliss-reactive ketones (excluding diaryl/α,β-unsaturated/α-hetero) is 2. The van der Waals surface area contributed by atoms with Crippen LogP contribution >= 0.6 is 0 Å². The number of hydrogen-bond donors (Lipinski definition) is 7. The molecular weight excluding hydrogens is 566 g/mol. The Labute approximate surface area is 253 Å². The second kappa shape index (κ2) is 9.90. The van der Waals surface area contributed by atoms with Crippen LogP contribution in [0.2, 0.25) is 0 Å². The molecule has 13 heteroatoms. The number of primary amides is 1. The van der Waals surface area contributed by atoms with Crippen LogP contribution in [0.3, 0.4) is 0 Å². The van der Waals surface area contributed by atoms with E-state index in [0.717, 1.165) is 5.69 Å². The van der Waals surface area contributed by atoms with Crippen molar-refractivity contribution in [2.45, 2.75) is 36.5 Å². The molecule has 1 fully saturated rings. The highest BCUT2D eigenvalue weighted by molar-refractivity contribution is 6.25. The van der Waals surface area contributed by atoms with Gasteiger partial charge in [0.1, 0.15) is 22.8 Å². The quantitative estimate of drug-likeness (QED) is 0.226. The van der Waals surface area contributed by atoms with E-state index < -0.39 is 69.1 Å². The van der Waals surface area contributed by atoms with Crippen molar-refractivity contribution in [1.29, 1.82) is 5.26 Å². The van der Waals surface area contributed by atoms with Gasteiger partial charge in [-0.2, -0.15) is 5.26 Å². The smallest absolute Gasteiger partial charge is 0.255 e. The Bertz CT molecular complexity index is 1760. The Hall–Kier alpha value is -4.74. The van der Waals surface area contributed by atoms with Crippen LogP contribution in [0.15, 0.2) is 47.2 Å². The number of benzene rings is 2. The maximum atomic E-state index is 14.6. The number of phenols is 1. The zero-order valence-electron chi connectivity index (χ0n) is 24.8. The predicted octanol–water partition coefficient (Wildman–Crippen LogP) is 0.0972. The van der Waals surface area contributed by atoms with Gasteiger partial charge in [-0.15, -0.1) is 0 Å².